The zero-order valence-electron chi connectivity index (χ0n) is 15.1. The number of ether oxygens (including phenoxy) is 1. The van der Waals surface area contributed by atoms with Crippen molar-refractivity contribution in [2.45, 2.75) is 38.2 Å². The van der Waals surface area contributed by atoms with Crippen molar-refractivity contribution in [1.82, 2.24) is 9.97 Å². The number of nitrogen functional groups attached to an aromatic ring is 1. The predicted octanol–water partition coefficient (Wildman–Crippen LogP) is 5.24. The molecule has 3 aromatic rings. The van der Waals surface area contributed by atoms with Crippen molar-refractivity contribution in [3.8, 4) is 28.1 Å². The molecule has 1 heterocycles. The van der Waals surface area contributed by atoms with Crippen molar-refractivity contribution < 1.29 is 9.13 Å². The molecule has 0 saturated heterocycles. The van der Waals surface area contributed by atoms with Crippen molar-refractivity contribution in [2.75, 3.05) is 5.73 Å². The Labute approximate surface area is 158 Å². The van der Waals surface area contributed by atoms with E-state index in [-0.39, 0.29) is 11.9 Å². The smallest absolute Gasteiger partial charge is 0.141 e. The Hall–Kier alpha value is -2.95. The first-order valence-electron chi connectivity index (χ1n) is 9.34. The number of nitrogens with two attached hydrogens (primary N) is 1. The molecule has 1 aliphatic carbocycles. The topological polar surface area (TPSA) is 61.0 Å². The maximum atomic E-state index is 14.8. The van der Waals surface area contributed by atoms with E-state index in [1.807, 2.05) is 30.3 Å². The maximum Gasteiger partial charge on any atom is 0.141 e. The molecule has 0 unspecified atom stereocenters. The van der Waals surface area contributed by atoms with E-state index in [2.05, 4.69) is 9.97 Å². The summed E-state index contributed by atoms with van der Waals surface area (Å²) in [5, 5.41) is 0. The van der Waals surface area contributed by atoms with Crippen LogP contribution >= 0.6 is 0 Å². The summed E-state index contributed by atoms with van der Waals surface area (Å²) in [4.78, 5) is 8.14. The van der Waals surface area contributed by atoms with Crippen LogP contribution < -0.4 is 10.5 Å². The fraction of sp³-hybridized carbons (Fsp3) is 0.273. The highest BCUT2D eigenvalue weighted by Crippen LogP contribution is 2.34. The van der Waals surface area contributed by atoms with Gasteiger partial charge < -0.3 is 10.5 Å². The Morgan fingerprint density at radius 2 is 1.74 bits per heavy atom. The number of hydrogen-bond acceptors (Lipinski definition) is 4. The number of anilines is 1. The van der Waals surface area contributed by atoms with E-state index in [9.17, 15) is 4.39 Å². The number of hydrogen-bond donors (Lipinski definition) is 1. The predicted molar refractivity (Wildman–Crippen MR) is 105 cm³/mol. The average Bonchev–Trinajstić information content (AvgIpc) is 2.70. The SMILES string of the molecule is Nc1cnc(-c2ccc(-c3ccccc3OC3CCCCC3)cc2F)cn1. The molecule has 0 spiro atoms. The van der Waals surface area contributed by atoms with Crippen LogP contribution in [0.25, 0.3) is 22.4 Å². The zero-order chi connectivity index (χ0) is 18.6. The van der Waals surface area contributed by atoms with Crippen LogP contribution in [0.2, 0.25) is 0 Å². The number of halogens is 1. The Bertz CT molecular complexity index is 921. The molecule has 2 aromatic carbocycles. The van der Waals surface area contributed by atoms with Gasteiger partial charge in [0.2, 0.25) is 0 Å². The first kappa shape index (κ1) is 17.5. The zero-order valence-corrected chi connectivity index (χ0v) is 15.1. The Morgan fingerprint density at radius 1 is 0.926 bits per heavy atom. The van der Waals surface area contributed by atoms with E-state index in [0.29, 0.717) is 17.1 Å². The number of benzene rings is 2. The highest BCUT2D eigenvalue weighted by Gasteiger charge is 2.17. The lowest BCUT2D eigenvalue weighted by atomic mass is 9.97. The van der Waals surface area contributed by atoms with E-state index in [1.165, 1.54) is 37.7 Å². The van der Waals surface area contributed by atoms with Crippen LogP contribution in [-0.2, 0) is 0 Å². The third-order valence-corrected chi connectivity index (χ3v) is 4.96. The number of rotatable bonds is 4. The molecule has 1 aliphatic rings. The summed E-state index contributed by atoms with van der Waals surface area (Å²) >= 11 is 0. The van der Waals surface area contributed by atoms with Crippen molar-refractivity contribution in [2.24, 2.45) is 0 Å². The lowest BCUT2D eigenvalue weighted by Gasteiger charge is -2.24. The molecule has 1 fully saturated rings. The van der Waals surface area contributed by atoms with Crippen molar-refractivity contribution in [3.05, 3.63) is 60.7 Å². The fourth-order valence-electron chi connectivity index (χ4n) is 3.54. The summed E-state index contributed by atoms with van der Waals surface area (Å²) in [5.41, 5.74) is 8.10. The Morgan fingerprint density at radius 3 is 2.48 bits per heavy atom. The molecular formula is C22H22FN3O. The molecule has 27 heavy (non-hydrogen) atoms. The molecule has 0 amide bonds. The van der Waals surface area contributed by atoms with Crippen LogP contribution in [-0.4, -0.2) is 16.1 Å². The summed E-state index contributed by atoms with van der Waals surface area (Å²) < 4.78 is 21.0. The van der Waals surface area contributed by atoms with Gasteiger partial charge in [0.05, 0.1) is 24.2 Å². The second-order valence-electron chi connectivity index (χ2n) is 6.90. The van der Waals surface area contributed by atoms with Crippen LogP contribution in [0, 0.1) is 5.82 Å². The van der Waals surface area contributed by atoms with E-state index < -0.39 is 0 Å². The van der Waals surface area contributed by atoms with Crippen molar-refractivity contribution >= 4 is 5.82 Å². The van der Waals surface area contributed by atoms with Crippen LogP contribution in [0.5, 0.6) is 5.75 Å². The lowest BCUT2D eigenvalue weighted by molar-refractivity contribution is 0.156. The van der Waals surface area contributed by atoms with Crippen molar-refractivity contribution in [1.29, 1.82) is 0 Å². The monoisotopic (exact) mass is 363 g/mol. The van der Waals surface area contributed by atoms with Gasteiger partial charge in [-0.15, -0.1) is 0 Å². The largest absolute Gasteiger partial charge is 0.490 e. The Balaban J connectivity index is 1.64. The summed E-state index contributed by atoms with van der Waals surface area (Å²) in [6, 6.07) is 13.0. The van der Waals surface area contributed by atoms with Gasteiger partial charge in [-0.3, -0.25) is 4.98 Å². The molecule has 4 nitrogen and oxygen atoms in total. The summed E-state index contributed by atoms with van der Waals surface area (Å²) in [7, 11) is 0. The average molecular weight is 363 g/mol. The highest BCUT2D eigenvalue weighted by molar-refractivity contribution is 5.73. The third-order valence-electron chi connectivity index (χ3n) is 4.96. The van der Waals surface area contributed by atoms with Gasteiger partial charge in [-0.2, -0.15) is 0 Å². The van der Waals surface area contributed by atoms with Gasteiger partial charge in [0, 0.05) is 11.1 Å². The fourth-order valence-corrected chi connectivity index (χ4v) is 3.54. The molecule has 0 radical (unpaired) electrons. The quantitative estimate of drug-likeness (QED) is 0.688. The van der Waals surface area contributed by atoms with Gasteiger partial charge in [-0.05, 0) is 49.4 Å². The highest BCUT2D eigenvalue weighted by atomic mass is 19.1. The minimum Gasteiger partial charge on any atom is -0.490 e. The number of aromatic nitrogens is 2. The minimum absolute atomic E-state index is 0.245. The van der Waals surface area contributed by atoms with Gasteiger partial charge in [0.1, 0.15) is 17.4 Å². The summed E-state index contributed by atoms with van der Waals surface area (Å²) in [6.07, 6.45) is 9.01. The van der Waals surface area contributed by atoms with E-state index >= 15 is 0 Å². The van der Waals surface area contributed by atoms with E-state index in [1.54, 1.807) is 6.07 Å². The molecule has 0 bridgehead atoms. The maximum absolute atomic E-state index is 14.8. The minimum atomic E-state index is -0.348. The number of para-hydroxylation sites is 1. The van der Waals surface area contributed by atoms with Gasteiger partial charge in [0.15, 0.2) is 0 Å². The molecule has 1 saturated carbocycles. The Kier molecular flexibility index (Phi) is 5.01. The van der Waals surface area contributed by atoms with Crippen LogP contribution in [0.1, 0.15) is 32.1 Å². The second kappa shape index (κ2) is 7.74. The number of nitrogens with zero attached hydrogens (tertiary/aromatic N) is 2. The third kappa shape index (κ3) is 3.92. The standard InChI is InChI=1S/C22H22FN3O/c23-19-12-15(10-11-18(19)20-13-26-22(24)14-25-20)17-8-4-5-9-21(17)27-16-6-2-1-3-7-16/h4-5,8-14,16H,1-3,6-7H2,(H2,24,26). The van der Waals surface area contributed by atoms with Gasteiger partial charge in [-0.25, -0.2) is 9.37 Å². The van der Waals surface area contributed by atoms with Crippen LogP contribution in [0.15, 0.2) is 54.9 Å². The van der Waals surface area contributed by atoms with Gasteiger partial charge in [0.25, 0.3) is 0 Å². The second-order valence-corrected chi connectivity index (χ2v) is 6.90. The molecule has 138 valence electrons. The van der Waals surface area contributed by atoms with E-state index in [0.717, 1.165) is 29.7 Å². The molecule has 0 aliphatic heterocycles. The first-order chi connectivity index (χ1) is 13.2. The van der Waals surface area contributed by atoms with Gasteiger partial charge >= 0.3 is 0 Å². The molecule has 1 aromatic heterocycles. The summed E-state index contributed by atoms with van der Waals surface area (Å²) in [6.45, 7) is 0. The van der Waals surface area contributed by atoms with E-state index in [4.69, 9.17) is 10.5 Å². The van der Waals surface area contributed by atoms with Gasteiger partial charge in [-0.1, -0.05) is 30.7 Å². The molecule has 5 heteroatoms. The van der Waals surface area contributed by atoms with Crippen LogP contribution in [0.3, 0.4) is 0 Å². The molecular weight excluding hydrogens is 341 g/mol. The molecule has 0 atom stereocenters. The lowest BCUT2D eigenvalue weighted by Crippen LogP contribution is -2.19. The molecule has 4 rings (SSSR count). The van der Waals surface area contributed by atoms with Crippen LogP contribution in [0.4, 0.5) is 10.2 Å². The van der Waals surface area contributed by atoms with Crippen molar-refractivity contribution in [3.63, 3.8) is 0 Å². The normalized spacial score (nSPS) is 14.9. The first-order valence-corrected chi connectivity index (χ1v) is 9.34. The summed E-state index contributed by atoms with van der Waals surface area (Å²) in [5.74, 6) is 0.771. The molecule has 2 N–H and O–H groups in total.